The van der Waals surface area contributed by atoms with Gasteiger partial charge in [-0.15, -0.1) is 0 Å². The van der Waals surface area contributed by atoms with Crippen LogP contribution in [0.1, 0.15) is 17.0 Å². The molecule has 24 heavy (non-hydrogen) atoms. The number of rotatable bonds is 3. The van der Waals surface area contributed by atoms with E-state index in [9.17, 15) is 9.59 Å². The summed E-state index contributed by atoms with van der Waals surface area (Å²) in [6, 6.07) is 6.80. The predicted octanol–water partition coefficient (Wildman–Crippen LogP) is 2.94. The number of nitrogens with one attached hydrogen (secondary N) is 2. The Balaban J connectivity index is 2.11. The molecular weight excluding hydrogens is 330 g/mol. The molecule has 0 aliphatic carbocycles. The van der Waals surface area contributed by atoms with Crippen molar-refractivity contribution in [3.63, 3.8) is 0 Å². The maximum Gasteiger partial charge on any atom is 0.326 e. The molecule has 124 valence electrons. The summed E-state index contributed by atoms with van der Waals surface area (Å²) in [4.78, 5) is 22.9. The fraction of sp³-hybridized carbons (Fsp3) is 0.176. The fourth-order valence-corrected chi connectivity index (χ4v) is 2.95. The number of nitrogens with zero attached hydrogens (tertiary/aromatic N) is 1. The van der Waals surface area contributed by atoms with E-state index in [1.165, 1.54) is 0 Å². The Labute approximate surface area is 144 Å². The standard InChI is InChI=1S/C17H16ClN3O3/c1-9-6-11(7-13-16(22)20-17(23)19-13)10(2)21(9)14-8-12(18)4-5-15(14)24-3/h4-8H,1-3H3,(H2,19,20,22,23). The summed E-state index contributed by atoms with van der Waals surface area (Å²) in [5.41, 5.74) is 3.70. The highest BCUT2D eigenvalue weighted by molar-refractivity contribution is 6.30. The molecule has 2 heterocycles. The summed E-state index contributed by atoms with van der Waals surface area (Å²) >= 11 is 6.13. The quantitative estimate of drug-likeness (QED) is 0.663. The molecule has 0 radical (unpaired) electrons. The van der Waals surface area contributed by atoms with Crippen LogP contribution in [0.4, 0.5) is 4.79 Å². The van der Waals surface area contributed by atoms with Crippen molar-refractivity contribution in [2.75, 3.05) is 7.11 Å². The Morgan fingerprint density at radius 1 is 1.17 bits per heavy atom. The second-order valence-corrected chi connectivity index (χ2v) is 5.88. The number of methoxy groups -OCH3 is 1. The number of urea groups is 1. The van der Waals surface area contributed by atoms with E-state index < -0.39 is 11.9 Å². The van der Waals surface area contributed by atoms with Gasteiger partial charge in [-0.05, 0) is 49.8 Å². The van der Waals surface area contributed by atoms with Crippen LogP contribution in [-0.2, 0) is 4.79 Å². The Morgan fingerprint density at radius 2 is 1.92 bits per heavy atom. The number of imide groups is 1. The number of hydrogen-bond acceptors (Lipinski definition) is 3. The van der Waals surface area contributed by atoms with E-state index in [4.69, 9.17) is 16.3 Å². The van der Waals surface area contributed by atoms with E-state index in [2.05, 4.69) is 10.6 Å². The number of benzene rings is 1. The van der Waals surface area contributed by atoms with Crippen LogP contribution in [0.5, 0.6) is 5.75 Å². The van der Waals surface area contributed by atoms with Crippen LogP contribution in [-0.4, -0.2) is 23.6 Å². The zero-order valence-corrected chi connectivity index (χ0v) is 14.2. The highest BCUT2D eigenvalue weighted by Gasteiger charge is 2.23. The van der Waals surface area contributed by atoms with Gasteiger partial charge < -0.3 is 14.6 Å². The Morgan fingerprint density at radius 3 is 2.54 bits per heavy atom. The summed E-state index contributed by atoms with van der Waals surface area (Å²) in [7, 11) is 1.60. The summed E-state index contributed by atoms with van der Waals surface area (Å²) in [5, 5.41) is 5.27. The first kappa shape index (κ1) is 16.1. The van der Waals surface area contributed by atoms with E-state index in [0.717, 1.165) is 22.6 Å². The van der Waals surface area contributed by atoms with E-state index in [1.807, 2.05) is 30.5 Å². The van der Waals surface area contributed by atoms with Crippen molar-refractivity contribution in [3.8, 4) is 11.4 Å². The van der Waals surface area contributed by atoms with Crippen molar-refractivity contribution < 1.29 is 14.3 Å². The summed E-state index contributed by atoms with van der Waals surface area (Å²) in [5.74, 6) is 0.248. The number of ether oxygens (including phenoxy) is 1. The first-order chi connectivity index (χ1) is 11.4. The molecule has 2 N–H and O–H groups in total. The maximum absolute atomic E-state index is 11.7. The molecule has 1 aromatic carbocycles. The minimum Gasteiger partial charge on any atom is -0.495 e. The second-order valence-electron chi connectivity index (χ2n) is 5.44. The lowest BCUT2D eigenvalue weighted by atomic mass is 10.2. The number of carbonyl (C=O) groups excluding carboxylic acids is 2. The van der Waals surface area contributed by atoms with Crippen molar-refractivity contribution in [2.24, 2.45) is 0 Å². The van der Waals surface area contributed by atoms with Crippen LogP contribution in [0.2, 0.25) is 5.02 Å². The highest BCUT2D eigenvalue weighted by Crippen LogP contribution is 2.31. The van der Waals surface area contributed by atoms with E-state index in [0.29, 0.717) is 10.8 Å². The molecule has 3 amide bonds. The highest BCUT2D eigenvalue weighted by atomic mass is 35.5. The number of hydrogen-bond donors (Lipinski definition) is 2. The lowest BCUT2D eigenvalue weighted by molar-refractivity contribution is -0.115. The lowest BCUT2D eigenvalue weighted by Crippen LogP contribution is -2.22. The van der Waals surface area contributed by atoms with Gasteiger partial charge in [-0.2, -0.15) is 0 Å². The predicted molar refractivity (Wildman–Crippen MR) is 91.5 cm³/mol. The normalized spacial score (nSPS) is 15.6. The molecule has 0 atom stereocenters. The van der Waals surface area contributed by atoms with Gasteiger partial charge in [0.1, 0.15) is 11.4 Å². The number of aromatic nitrogens is 1. The van der Waals surface area contributed by atoms with Crippen LogP contribution >= 0.6 is 11.6 Å². The molecule has 1 saturated heterocycles. The van der Waals surface area contributed by atoms with Crippen molar-refractivity contribution in [1.82, 2.24) is 15.2 Å². The molecular formula is C17H16ClN3O3. The molecule has 1 aliphatic rings. The maximum atomic E-state index is 11.7. The van der Waals surface area contributed by atoms with E-state index in [-0.39, 0.29) is 5.70 Å². The molecule has 2 aromatic rings. The van der Waals surface area contributed by atoms with Gasteiger partial charge in [0.15, 0.2) is 0 Å². The molecule has 3 rings (SSSR count). The summed E-state index contributed by atoms with van der Waals surface area (Å²) < 4.78 is 7.41. The third-order valence-electron chi connectivity index (χ3n) is 3.87. The van der Waals surface area contributed by atoms with Gasteiger partial charge in [0, 0.05) is 16.4 Å². The van der Waals surface area contributed by atoms with Crippen LogP contribution < -0.4 is 15.4 Å². The van der Waals surface area contributed by atoms with Crippen LogP contribution in [0.25, 0.3) is 11.8 Å². The largest absolute Gasteiger partial charge is 0.495 e. The van der Waals surface area contributed by atoms with Gasteiger partial charge in [0.2, 0.25) is 0 Å². The molecule has 1 fully saturated rings. The molecule has 0 unspecified atom stereocenters. The van der Waals surface area contributed by atoms with Gasteiger partial charge in [-0.1, -0.05) is 11.6 Å². The van der Waals surface area contributed by atoms with Crippen LogP contribution in [0.15, 0.2) is 30.0 Å². The zero-order chi connectivity index (χ0) is 17.4. The van der Waals surface area contributed by atoms with Crippen LogP contribution in [0.3, 0.4) is 0 Å². The average Bonchev–Trinajstić information content (AvgIpc) is 2.98. The molecule has 1 aromatic heterocycles. The minimum atomic E-state index is -0.517. The monoisotopic (exact) mass is 345 g/mol. The second kappa shape index (κ2) is 6.05. The van der Waals surface area contributed by atoms with Crippen molar-refractivity contribution >= 4 is 29.6 Å². The number of aryl methyl sites for hydroxylation is 1. The van der Waals surface area contributed by atoms with Gasteiger partial charge in [0.05, 0.1) is 12.8 Å². The fourth-order valence-electron chi connectivity index (χ4n) is 2.78. The molecule has 6 nitrogen and oxygen atoms in total. The van der Waals surface area contributed by atoms with E-state index in [1.54, 1.807) is 25.3 Å². The SMILES string of the molecule is COc1ccc(Cl)cc1-n1c(C)cc(C=C2NC(=O)NC2=O)c1C. The van der Waals surface area contributed by atoms with Crippen molar-refractivity contribution in [3.05, 3.63) is 51.9 Å². The number of halogens is 1. The molecule has 0 spiro atoms. The Bertz CT molecular complexity index is 883. The van der Waals surface area contributed by atoms with E-state index >= 15 is 0 Å². The summed E-state index contributed by atoms with van der Waals surface area (Å²) in [6.07, 6.45) is 1.65. The molecule has 0 saturated carbocycles. The van der Waals surface area contributed by atoms with Crippen LogP contribution in [0, 0.1) is 13.8 Å². The third-order valence-corrected chi connectivity index (χ3v) is 4.11. The zero-order valence-electron chi connectivity index (χ0n) is 13.4. The Hall–Kier alpha value is -2.73. The first-order valence-corrected chi connectivity index (χ1v) is 7.65. The number of carbonyl (C=O) groups is 2. The Kier molecular flexibility index (Phi) is 4.07. The average molecular weight is 346 g/mol. The smallest absolute Gasteiger partial charge is 0.326 e. The van der Waals surface area contributed by atoms with Gasteiger partial charge in [0.25, 0.3) is 5.91 Å². The van der Waals surface area contributed by atoms with Crippen molar-refractivity contribution in [1.29, 1.82) is 0 Å². The topological polar surface area (TPSA) is 72.4 Å². The van der Waals surface area contributed by atoms with Gasteiger partial charge in [-0.25, -0.2) is 4.79 Å². The summed E-state index contributed by atoms with van der Waals surface area (Å²) in [6.45, 7) is 3.87. The molecule has 7 heteroatoms. The van der Waals surface area contributed by atoms with Gasteiger partial charge >= 0.3 is 6.03 Å². The third kappa shape index (κ3) is 2.76. The van der Waals surface area contributed by atoms with Gasteiger partial charge in [-0.3, -0.25) is 10.1 Å². The molecule has 1 aliphatic heterocycles. The molecule has 0 bridgehead atoms. The first-order valence-electron chi connectivity index (χ1n) is 7.27. The number of amides is 3. The minimum absolute atomic E-state index is 0.221. The lowest BCUT2D eigenvalue weighted by Gasteiger charge is -2.14. The van der Waals surface area contributed by atoms with Crippen molar-refractivity contribution in [2.45, 2.75) is 13.8 Å².